The summed E-state index contributed by atoms with van der Waals surface area (Å²) in [5.74, 6) is 1.65. The van der Waals surface area contributed by atoms with Crippen LogP contribution in [0.5, 0.6) is 5.75 Å². The van der Waals surface area contributed by atoms with Crippen LogP contribution in [0, 0.1) is 0 Å². The lowest BCUT2D eigenvalue weighted by Crippen LogP contribution is -2.09. The summed E-state index contributed by atoms with van der Waals surface area (Å²) >= 11 is 0. The van der Waals surface area contributed by atoms with Crippen LogP contribution in [0.1, 0.15) is 43.6 Å². The molecule has 0 fully saturated rings. The zero-order chi connectivity index (χ0) is 22.1. The Morgan fingerprint density at radius 1 is 1.16 bits per heavy atom. The zero-order valence-corrected chi connectivity index (χ0v) is 18.4. The van der Waals surface area contributed by atoms with Gasteiger partial charge in [-0.05, 0) is 69.0 Å². The van der Waals surface area contributed by atoms with Crippen LogP contribution in [0.2, 0.25) is 0 Å². The first-order chi connectivity index (χ1) is 15.6. The van der Waals surface area contributed by atoms with Crippen molar-refractivity contribution in [3.8, 4) is 5.75 Å². The summed E-state index contributed by atoms with van der Waals surface area (Å²) in [5, 5.41) is 5.05. The molecular weight excluding hydrogens is 400 g/mol. The molecule has 5 rings (SSSR count). The Morgan fingerprint density at radius 3 is 2.91 bits per heavy atom. The third-order valence-electron chi connectivity index (χ3n) is 6.03. The largest absolute Gasteiger partial charge is 0.493 e. The highest BCUT2D eigenvalue weighted by atomic mass is 16.5. The number of amides is 1. The molecule has 2 aromatic heterocycles. The standard InChI is InChI=1S/C27H26N2O3/c1-3-31-25-16-26-21(18-8-4-5-12-24(18)32-26)15-20(25)17(2)14-27(30)29-23-11-6-10-22-19(23)9-7-13-28-22/h6-7,9-11,13-16H,3-5,8,12H2,1-2H3,(H,29,30)/b17-14+. The molecule has 4 aromatic rings. The van der Waals surface area contributed by atoms with Crippen molar-refractivity contribution in [2.45, 2.75) is 39.5 Å². The number of anilines is 1. The molecule has 0 spiro atoms. The van der Waals surface area contributed by atoms with E-state index in [4.69, 9.17) is 9.15 Å². The maximum Gasteiger partial charge on any atom is 0.248 e. The molecule has 1 aliphatic rings. The number of rotatable bonds is 5. The van der Waals surface area contributed by atoms with Crippen LogP contribution in [0.3, 0.4) is 0 Å². The molecule has 1 amide bonds. The molecule has 32 heavy (non-hydrogen) atoms. The smallest absolute Gasteiger partial charge is 0.248 e. The molecule has 1 aliphatic carbocycles. The van der Waals surface area contributed by atoms with Gasteiger partial charge in [0.05, 0.1) is 17.8 Å². The fourth-order valence-corrected chi connectivity index (χ4v) is 4.53. The van der Waals surface area contributed by atoms with Gasteiger partial charge in [0.15, 0.2) is 0 Å². The number of furan rings is 1. The first kappa shape index (κ1) is 20.3. The number of fused-ring (bicyclic) bond motifs is 4. The highest BCUT2D eigenvalue weighted by Crippen LogP contribution is 2.38. The number of hydrogen-bond acceptors (Lipinski definition) is 4. The Labute approximate surface area is 187 Å². The molecule has 2 aromatic carbocycles. The number of carbonyl (C=O) groups is 1. The van der Waals surface area contributed by atoms with Crippen LogP contribution in [0.25, 0.3) is 27.4 Å². The average Bonchev–Trinajstić information content (AvgIpc) is 3.16. The highest BCUT2D eigenvalue weighted by Gasteiger charge is 2.20. The predicted octanol–water partition coefficient (Wildman–Crippen LogP) is 6.30. The molecule has 2 heterocycles. The number of benzene rings is 2. The second-order valence-electron chi connectivity index (χ2n) is 8.18. The van der Waals surface area contributed by atoms with E-state index in [1.54, 1.807) is 12.3 Å². The van der Waals surface area contributed by atoms with Gasteiger partial charge in [-0.3, -0.25) is 9.78 Å². The van der Waals surface area contributed by atoms with E-state index < -0.39 is 0 Å². The normalized spacial score (nSPS) is 13.9. The van der Waals surface area contributed by atoms with E-state index in [0.717, 1.165) is 63.0 Å². The summed E-state index contributed by atoms with van der Waals surface area (Å²) in [6.07, 6.45) is 7.75. The van der Waals surface area contributed by atoms with Crippen LogP contribution < -0.4 is 10.1 Å². The Hall–Kier alpha value is -3.60. The van der Waals surface area contributed by atoms with Crippen molar-refractivity contribution >= 4 is 39.0 Å². The maximum absolute atomic E-state index is 12.9. The number of hydrogen-bond donors (Lipinski definition) is 1. The fraction of sp³-hybridized carbons (Fsp3) is 0.259. The fourth-order valence-electron chi connectivity index (χ4n) is 4.53. The van der Waals surface area contributed by atoms with Crippen LogP contribution in [-0.2, 0) is 17.6 Å². The van der Waals surface area contributed by atoms with Gasteiger partial charge in [0.1, 0.15) is 17.1 Å². The molecule has 5 heteroatoms. The summed E-state index contributed by atoms with van der Waals surface area (Å²) < 4.78 is 12.0. The van der Waals surface area contributed by atoms with E-state index in [1.807, 2.05) is 50.2 Å². The SMILES string of the molecule is CCOc1cc2oc3c(c2cc1/C(C)=C/C(=O)Nc1cccc2ncccc12)CCCC3. The predicted molar refractivity (Wildman–Crippen MR) is 128 cm³/mol. The van der Waals surface area contributed by atoms with Gasteiger partial charge in [0.25, 0.3) is 0 Å². The van der Waals surface area contributed by atoms with Crippen molar-refractivity contribution in [3.63, 3.8) is 0 Å². The summed E-state index contributed by atoms with van der Waals surface area (Å²) in [5.41, 5.74) is 5.52. The van der Waals surface area contributed by atoms with E-state index in [1.165, 1.54) is 18.4 Å². The van der Waals surface area contributed by atoms with Crippen LogP contribution in [-0.4, -0.2) is 17.5 Å². The number of pyridine rings is 1. The number of nitrogens with one attached hydrogen (secondary N) is 1. The number of allylic oxidation sites excluding steroid dienone is 1. The number of aromatic nitrogens is 1. The van der Waals surface area contributed by atoms with Gasteiger partial charge < -0.3 is 14.5 Å². The summed E-state index contributed by atoms with van der Waals surface area (Å²) in [4.78, 5) is 17.2. The topological polar surface area (TPSA) is 64.4 Å². The quantitative estimate of drug-likeness (QED) is 0.380. The van der Waals surface area contributed by atoms with Crippen molar-refractivity contribution in [3.05, 3.63) is 71.6 Å². The Bertz CT molecular complexity index is 1340. The first-order valence-electron chi connectivity index (χ1n) is 11.2. The van der Waals surface area contributed by atoms with E-state index in [2.05, 4.69) is 16.4 Å². The van der Waals surface area contributed by atoms with E-state index in [-0.39, 0.29) is 5.91 Å². The molecule has 0 atom stereocenters. The van der Waals surface area contributed by atoms with Gasteiger partial charge in [0, 0.05) is 46.7 Å². The average molecular weight is 427 g/mol. The van der Waals surface area contributed by atoms with Gasteiger partial charge in [-0.15, -0.1) is 0 Å². The minimum absolute atomic E-state index is 0.185. The summed E-state index contributed by atoms with van der Waals surface area (Å²) in [7, 11) is 0. The minimum Gasteiger partial charge on any atom is -0.493 e. The maximum atomic E-state index is 12.9. The van der Waals surface area contributed by atoms with Gasteiger partial charge in [-0.1, -0.05) is 6.07 Å². The summed E-state index contributed by atoms with van der Waals surface area (Å²) in [6.45, 7) is 4.45. The lowest BCUT2D eigenvalue weighted by atomic mass is 9.94. The molecule has 5 nitrogen and oxygen atoms in total. The molecule has 0 saturated carbocycles. The second kappa shape index (κ2) is 8.50. The minimum atomic E-state index is -0.185. The van der Waals surface area contributed by atoms with E-state index in [0.29, 0.717) is 6.61 Å². The third-order valence-corrected chi connectivity index (χ3v) is 6.03. The number of carbonyl (C=O) groups excluding carboxylic acids is 1. The van der Waals surface area contributed by atoms with Crippen molar-refractivity contribution in [1.82, 2.24) is 4.98 Å². The van der Waals surface area contributed by atoms with Crippen LogP contribution in [0.15, 0.2) is 59.2 Å². The zero-order valence-electron chi connectivity index (χ0n) is 18.4. The highest BCUT2D eigenvalue weighted by molar-refractivity contribution is 6.08. The van der Waals surface area contributed by atoms with Crippen LogP contribution in [0.4, 0.5) is 5.69 Å². The van der Waals surface area contributed by atoms with Crippen molar-refractivity contribution in [1.29, 1.82) is 0 Å². The van der Waals surface area contributed by atoms with Gasteiger partial charge in [-0.2, -0.15) is 0 Å². The molecule has 0 bridgehead atoms. The molecule has 0 radical (unpaired) electrons. The molecule has 1 N–H and O–H groups in total. The number of ether oxygens (including phenoxy) is 1. The van der Waals surface area contributed by atoms with Crippen LogP contribution >= 0.6 is 0 Å². The first-order valence-corrected chi connectivity index (χ1v) is 11.2. The molecule has 0 saturated heterocycles. The molecule has 162 valence electrons. The second-order valence-corrected chi connectivity index (χ2v) is 8.18. The van der Waals surface area contributed by atoms with Crippen molar-refractivity contribution < 1.29 is 13.9 Å². The molecule has 0 aliphatic heterocycles. The Kier molecular flexibility index (Phi) is 5.39. The van der Waals surface area contributed by atoms with E-state index >= 15 is 0 Å². The monoisotopic (exact) mass is 426 g/mol. The number of aryl methyl sites for hydroxylation is 2. The lowest BCUT2D eigenvalue weighted by molar-refractivity contribution is -0.111. The molecular formula is C27H26N2O3. The van der Waals surface area contributed by atoms with Crippen molar-refractivity contribution in [2.75, 3.05) is 11.9 Å². The van der Waals surface area contributed by atoms with E-state index in [9.17, 15) is 4.79 Å². The number of nitrogens with zero attached hydrogens (tertiary/aromatic N) is 1. The van der Waals surface area contributed by atoms with Gasteiger partial charge >= 0.3 is 0 Å². The lowest BCUT2D eigenvalue weighted by Gasteiger charge is -2.12. The van der Waals surface area contributed by atoms with Crippen molar-refractivity contribution in [2.24, 2.45) is 0 Å². The Morgan fingerprint density at radius 2 is 2.03 bits per heavy atom. The third kappa shape index (κ3) is 3.75. The van der Waals surface area contributed by atoms with Gasteiger partial charge in [0.2, 0.25) is 5.91 Å². The Balaban J connectivity index is 1.50. The summed E-state index contributed by atoms with van der Waals surface area (Å²) in [6, 6.07) is 13.6. The molecule has 0 unspecified atom stereocenters. The van der Waals surface area contributed by atoms with Gasteiger partial charge in [-0.25, -0.2) is 0 Å².